The largest absolute Gasteiger partial charge is 0.459 e. The first kappa shape index (κ1) is 19.0. The molecule has 0 radical (unpaired) electrons. The number of ether oxygens (including phenoxy) is 4. The summed E-state index contributed by atoms with van der Waals surface area (Å²) in [7, 11) is 0. The molecule has 4 aliphatic heterocycles. The van der Waals surface area contributed by atoms with Crippen molar-refractivity contribution in [2.75, 3.05) is 0 Å². The predicted molar refractivity (Wildman–Crippen MR) is 92.0 cm³/mol. The van der Waals surface area contributed by atoms with E-state index in [9.17, 15) is 29.7 Å². The number of esters is 3. The van der Waals surface area contributed by atoms with Gasteiger partial charge in [0.05, 0.1) is 22.9 Å². The Labute approximate surface area is 171 Å². The third-order valence-electron chi connectivity index (χ3n) is 8.91. The minimum Gasteiger partial charge on any atom is -0.459 e. The Morgan fingerprint density at radius 1 is 1.03 bits per heavy atom. The van der Waals surface area contributed by atoms with Crippen molar-refractivity contribution < 1.29 is 48.7 Å². The van der Waals surface area contributed by atoms with Gasteiger partial charge < -0.3 is 34.3 Å². The van der Waals surface area contributed by atoms with Crippen molar-refractivity contribution in [3.63, 3.8) is 0 Å². The van der Waals surface area contributed by atoms with Crippen molar-refractivity contribution in [1.29, 1.82) is 0 Å². The van der Waals surface area contributed by atoms with Crippen molar-refractivity contribution >= 4 is 17.9 Å². The molecule has 4 heterocycles. The van der Waals surface area contributed by atoms with Crippen LogP contribution in [0.15, 0.2) is 0 Å². The number of aliphatic hydroxyl groups is 3. The summed E-state index contributed by atoms with van der Waals surface area (Å²) in [6.07, 6.45) is -6.73. The van der Waals surface area contributed by atoms with Gasteiger partial charge in [0.15, 0.2) is 11.7 Å². The van der Waals surface area contributed by atoms with E-state index in [0.717, 1.165) is 0 Å². The second kappa shape index (κ2) is 4.69. The van der Waals surface area contributed by atoms with Gasteiger partial charge in [-0.05, 0) is 12.3 Å². The van der Waals surface area contributed by atoms with E-state index in [1.165, 1.54) is 6.92 Å². The second-order valence-electron chi connectivity index (χ2n) is 10.7. The zero-order valence-corrected chi connectivity index (χ0v) is 16.9. The summed E-state index contributed by atoms with van der Waals surface area (Å²) in [6.45, 7) is 6.97. The lowest BCUT2D eigenvalue weighted by atomic mass is 9.51. The van der Waals surface area contributed by atoms with E-state index >= 15 is 0 Å². The summed E-state index contributed by atoms with van der Waals surface area (Å²) in [5, 5.41) is 34.4. The van der Waals surface area contributed by atoms with Crippen LogP contribution >= 0.6 is 0 Å². The van der Waals surface area contributed by atoms with Crippen LogP contribution in [-0.2, 0) is 33.3 Å². The molecule has 2 aliphatic carbocycles. The molecule has 0 aromatic heterocycles. The highest BCUT2D eigenvalue weighted by atomic mass is 16.8. The van der Waals surface area contributed by atoms with Gasteiger partial charge >= 0.3 is 17.9 Å². The van der Waals surface area contributed by atoms with Gasteiger partial charge in [0, 0.05) is 12.3 Å². The summed E-state index contributed by atoms with van der Waals surface area (Å²) in [5.41, 5.74) is -7.95. The van der Waals surface area contributed by atoms with Gasteiger partial charge in [0.1, 0.15) is 12.2 Å². The molecule has 3 N–H and O–H groups in total. The van der Waals surface area contributed by atoms with E-state index in [0.29, 0.717) is 0 Å². The molecule has 0 aromatic rings. The zero-order chi connectivity index (χ0) is 21.8. The number of carbonyl (C=O) groups is 3. The highest BCUT2D eigenvalue weighted by Crippen LogP contribution is 2.84. The summed E-state index contributed by atoms with van der Waals surface area (Å²) in [6, 6.07) is 0. The van der Waals surface area contributed by atoms with Gasteiger partial charge in [0.25, 0.3) is 0 Å². The maximum atomic E-state index is 13.4. The van der Waals surface area contributed by atoms with Crippen LogP contribution in [0.3, 0.4) is 0 Å². The molecule has 2 saturated carbocycles. The minimum atomic E-state index is -2.12. The fourth-order valence-corrected chi connectivity index (χ4v) is 8.22. The molecular formula is C20H24O10. The van der Waals surface area contributed by atoms with Crippen LogP contribution in [-0.4, -0.2) is 75.1 Å². The van der Waals surface area contributed by atoms with Crippen molar-refractivity contribution in [1.82, 2.24) is 0 Å². The number of hydrogen-bond acceptors (Lipinski definition) is 10. The van der Waals surface area contributed by atoms with E-state index in [4.69, 9.17) is 18.9 Å². The number of fused-ring (bicyclic) bond motifs is 1. The maximum Gasteiger partial charge on any atom is 0.342 e. The molecule has 4 saturated heterocycles. The molecule has 10 heteroatoms. The standard InChI is InChI=1S/C20H24O10/c1-6-12(23)27-7-5-17-11-8(21)9(16(2,3)4)18(17)10(22)13(24)29-15(18)30-20(17,14(25)28-11)19(6,7)26/h6-11,15,21-22,26H,5H2,1-4H3/t6-,7+,8+,9+,10+,11-,15-,17-,18-,19-,20-/m1/s1. The minimum absolute atomic E-state index is 0.107. The van der Waals surface area contributed by atoms with Gasteiger partial charge in [-0.25, -0.2) is 9.59 Å². The van der Waals surface area contributed by atoms with Crippen LogP contribution in [0.4, 0.5) is 0 Å². The highest BCUT2D eigenvalue weighted by molar-refractivity contribution is 5.93. The third kappa shape index (κ3) is 1.35. The molecule has 0 unspecified atom stereocenters. The van der Waals surface area contributed by atoms with Crippen LogP contribution in [0.5, 0.6) is 0 Å². The lowest BCUT2D eigenvalue weighted by molar-refractivity contribution is -0.239. The van der Waals surface area contributed by atoms with Crippen LogP contribution in [0, 0.1) is 28.1 Å². The first-order valence-corrected chi connectivity index (χ1v) is 10.2. The summed E-state index contributed by atoms with van der Waals surface area (Å²) in [5.74, 6) is -4.43. The number of carbonyl (C=O) groups excluding carboxylic acids is 3. The smallest absolute Gasteiger partial charge is 0.342 e. The summed E-state index contributed by atoms with van der Waals surface area (Å²) < 4.78 is 22.6. The van der Waals surface area contributed by atoms with Crippen molar-refractivity contribution in [3.8, 4) is 0 Å². The average Bonchev–Trinajstić information content (AvgIpc) is 3.32. The molecule has 0 bridgehead atoms. The van der Waals surface area contributed by atoms with Crippen LogP contribution < -0.4 is 0 Å². The normalized spacial score (nSPS) is 60.1. The molecule has 6 rings (SSSR count). The quantitative estimate of drug-likeness (QED) is 0.314. The van der Waals surface area contributed by atoms with Crippen molar-refractivity contribution in [2.45, 2.75) is 76.0 Å². The van der Waals surface area contributed by atoms with Gasteiger partial charge in [-0.2, -0.15) is 0 Å². The van der Waals surface area contributed by atoms with E-state index in [1.54, 1.807) is 0 Å². The first-order chi connectivity index (χ1) is 13.8. The summed E-state index contributed by atoms with van der Waals surface area (Å²) >= 11 is 0. The van der Waals surface area contributed by atoms with E-state index in [-0.39, 0.29) is 6.42 Å². The fourth-order valence-electron chi connectivity index (χ4n) is 8.22. The molecular weight excluding hydrogens is 400 g/mol. The van der Waals surface area contributed by atoms with Gasteiger partial charge in [-0.15, -0.1) is 0 Å². The third-order valence-corrected chi connectivity index (χ3v) is 8.91. The molecule has 6 aliphatic rings. The lowest BCUT2D eigenvalue weighted by Gasteiger charge is -2.46. The second-order valence-corrected chi connectivity index (χ2v) is 10.7. The van der Waals surface area contributed by atoms with Crippen molar-refractivity contribution in [2.24, 2.45) is 28.1 Å². The van der Waals surface area contributed by atoms with E-state index in [1.807, 2.05) is 20.8 Å². The Bertz CT molecular complexity index is 925. The molecule has 0 amide bonds. The number of hydrogen-bond donors (Lipinski definition) is 3. The Morgan fingerprint density at radius 3 is 2.33 bits per heavy atom. The summed E-state index contributed by atoms with van der Waals surface area (Å²) in [4.78, 5) is 38.2. The lowest BCUT2D eigenvalue weighted by Crippen LogP contribution is -2.66. The van der Waals surface area contributed by atoms with Crippen LogP contribution in [0.2, 0.25) is 0 Å². The van der Waals surface area contributed by atoms with Crippen LogP contribution in [0.1, 0.15) is 34.1 Å². The topological polar surface area (TPSA) is 149 Å². The molecule has 30 heavy (non-hydrogen) atoms. The van der Waals surface area contributed by atoms with Gasteiger partial charge in [0.2, 0.25) is 11.9 Å². The highest BCUT2D eigenvalue weighted by Gasteiger charge is 3.02. The molecule has 10 nitrogen and oxygen atoms in total. The first-order valence-electron chi connectivity index (χ1n) is 10.2. The Morgan fingerprint density at radius 2 is 1.70 bits per heavy atom. The molecule has 0 aromatic carbocycles. The Hall–Kier alpha value is -1.75. The van der Waals surface area contributed by atoms with E-state index < -0.39 is 87.9 Å². The maximum absolute atomic E-state index is 13.4. The van der Waals surface area contributed by atoms with Gasteiger partial charge in [-0.3, -0.25) is 4.79 Å². The fraction of sp³-hybridized carbons (Fsp3) is 0.850. The zero-order valence-electron chi connectivity index (χ0n) is 16.9. The van der Waals surface area contributed by atoms with E-state index in [2.05, 4.69) is 0 Å². The molecule has 6 fully saturated rings. The van der Waals surface area contributed by atoms with Crippen LogP contribution in [0.25, 0.3) is 0 Å². The van der Waals surface area contributed by atoms with Gasteiger partial charge in [-0.1, -0.05) is 20.8 Å². The van der Waals surface area contributed by atoms with Crippen molar-refractivity contribution in [3.05, 3.63) is 0 Å². The average molecular weight is 424 g/mol. The predicted octanol–water partition coefficient (Wildman–Crippen LogP) is -1.37. The number of rotatable bonds is 0. The Kier molecular flexibility index (Phi) is 2.97. The Balaban J connectivity index is 1.71. The SMILES string of the molecule is C[C@@H]1C(=O)O[C@H]2C[C@]34[C@@H]5OC(=O)[C@]3(O[C@H]3OC(=O)[C@H](O)[C@]34[C@H](C(C)(C)C)[C@@H]5O)[C@]21O. The molecule has 11 atom stereocenters. The number of aliphatic hydroxyl groups excluding tert-OH is 2. The monoisotopic (exact) mass is 424 g/mol. The molecule has 2 spiro atoms. The molecule has 164 valence electrons.